The summed E-state index contributed by atoms with van der Waals surface area (Å²) in [5.74, 6) is 0.485. The van der Waals surface area contributed by atoms with E-state index in [2.05, 4.69) is 9.98 Å². The van der Waals surface area contributed by atoms with E-state index in [1.165, 1.54) is 36.3 Å². The van der Waals surface area contributed by atoms with E-state index in [0.29, 0.717) is 11.6 Å². The van der Waals surface area contributed by atoms with Crippen molar-refractivity contribution in [2.24, 2.45) is 4.99 Å². The van der Waals surface area contributed by atoms with E-state index < -0.39 is 19.7 Å². The van der Waals surface area contributed by atoms with E-state index in [1.807, 2.05) is 6.92 Å². The third-order valence-electron chi connectivity index (χ3n) is 3.59. The van der Waals surface area contributed by atoms with Crippen LogP contribution in [0.15, 0.2) is 56.3 Å². The Bertz CT molecular complexity index is 988. The van der Waals surface area contributed by atoms with Crippen molar-refractivity contribution in [1.29, 1.82) is 0 Å². The number of aromatic nitrogens is 1. The number of H-pyrrole nitrogens is 1. The van der Waals surface area contributed by atoms with Gasteiger partial charge in [0.25, 0.3) is 0 Å². The van der Waals surface area contributed by atoms with Gasteiger partial charge in [-0.3, -0.25) is 4.99 Å². The second-order valence-electron chi connectivity index (χ2n) is 5.38. The van der Waals surface area contributed by atoms with Crippen LogP contribution in [0, 0.1) is 6.92 Å². The summed E-state index contributed by atoms with van der Waals surface area (Å²) >= 11 is 1.39. The summed E-state index contributed by atoms with van der Waals surface area (Å²) in [6.45, 7) is 2.44. The molecule has 1 aliphatic heterocycles. The Morgan fingerprint density at radius 2 is 1.75 bits per heavy atom. The first kappa shape index (κ1) is 17.2. The van der Waals surface area contributed by atoms with Crippen molar-refractivity contribution in [2.75, 3.05) is 18.1 Å². The number of aliphatic imine (C=N–C) groups is 1. The first-order valence-corrected chi connectivity index (χ1v) is 11.3. The molecule has 0 atom stereocenters. The minimum absolute atomic E-state index is 0.0664. The van der Waals surface area contributed by atoms with Gasteiger partial charge in [-0.1, -0.05) is 17.7 Å². The molecule has 0 aliphatic carbocycles. The number of aromatic amines is 1. The quantitative estimate of drug-likeness (QED) is 0.851. The van der Waals surface area contributed by atoms with Crippen molar-refractivity contribution in [3.63, 3.8) is 0 Å². The molecule has 2 heterocycles. The summed E-state index contributed by atoms with van der Waals surface area (Å²) in [6.07, 6.45) is 2.43. The van der Waals surface area contributed by atoms with Crippen LogP contribution >= 0.6 is 11.8 Å². The Morgan fingerprint density at radius 3 is 2.38 bits per heavy atom. The zero-order valence-electron chi connectivity index (χ0n) is 12.9. The predicted molar refractivity (Wildman–Crippen MR) is 94.2 cm³/mol. The molecule has 0 saturated carbocycles. The van der Waals surface area contributed by atoms with Gasteiger partial charge in [0.1, 0.15) is 15.5 Å². The maximum atomic E-state index is 12.8. The molecular formula is C15H16N2O4S3. The van der Waals surface area contributed by atoms with Crippen LogP contribution in [-0.2, 0) is 19.7 Å². The van der Waals surface area contributed by atoms with Crippen LogP contribution < -0.4 is 0 Å². The number of benzene rings is 1. The fraction of sp³-hybridized carbons (Fsp3) is 0.267. The van der Waals surface area contributed by atoms with Crippen LogP contribution in [0.5, 0.6) is 0 Å². The normalized spacial score (nSPS) is 15.5. The van der Waals surface area contributed by atoms with E-state index in [-0.39, 0.29) is 20.4 Å². The summed E-state index contributed by atoms with van der Waals surface area (Å²) in [6, 6.07) is 6.31. The molecule has 2 aromatic rings. The van der Waals surface area contributed by atoms with Gasteiger partial charge in [-0.05, 0) is 19.1 Å². The summed E-state index contributed by atoms with van der Waals surface area (Å²) < 4.78 is 50.8. The molecule has 0 bridgehead atoms. The Labute approximate surface area is 145 Å². The highest BCUT2D eigenvalue weighted by Crippen LogP contribution is 2.29. The number of rotatable bonds is 5. The Morgan fingerprint density at radius 1 is 1.08 bits per heavy atom. The van der Waals surface area contributed by atoms with Crippen molar-refractivity contribution in [3.8, 4) is 0 Å². The molecule has 9 heteroatoms. The molecule has 0 spiro atoms. The average Bonchev–Trinajstić information content (AvgIpc) is 3.18. The lowest BCUT2D eigenvalue weighted by atomic mass is 10.2. The van der Waals surface area contributed by atoms with Crippen molar-refractivity contribution in [2.45, 2.75) is 21.6 Å². The number of nitrogens with zero attached hydrogens (tertiary/aromatic N) is 1. The number of hydrogen-bond donors (Lipinski definition) is 1. The Balaban J connectivity index is 2.02. The van der Waals surface area contributed by atoms with Crippen LogP contribution in [0.1, 0.15) is 5.56 Å². The maximum absolute atomic E-state index is 12.8. The molecule has 1 aromatic heterocycles. The standard InChI is InChI=1S/C15H16N2O4S3/c1-11-2-4-12(5-3-11)24(20,21)14-9-16-8-13(14)23(18,19)10-15-17-6-7-22-15/h2-5,8-9,16H,6-7,10H2,1H3. The minimum atomic E-state index is -3.92. The summed E-state index contributed by atoms with van der Waals surface area (Å²) in [4.78, 5) is 6.37. The lowest BCUT2D eigenvalue weighted by molar-refractivity contribution is 0.585. The first-order valence-electron chi connectivity index (χ1n) is 7.18. The van der Waals surface area contributed by atoms with Gasteiger partial charge in [-0.15, -0.1) is 11.8 Å². The molecule has 1 N–H and O–H groups in total. The van der Waals surface area contributed by atoms with Crippen molar-refractivity contribution < 1.29 is 16.8 Å². The average molecular weight is 385 g/mol. The molecule has 0 saturated heterocycles. The number of hydrogen-bond acceptors (Lipinski definition) is 6. The number of sulfone groups is 2. The van der Waals surface area contributed by atoms with E-state index in [9.17, 15) is 16.8 Å². The molecule has 3 rings (SSSR count). The summed E-state index contributed by atoms with van der Waals surface area (Å²) in [5.41, 5.74) is 0.923. The highest BCUT2D eigenvalue weighted by molar-refractivity contribution is 8.15. The van der Waals surface area contributed by atoms with Crippen molar-refractivity contribution >= 4 is 36.5 Å². The SMILES string of the molecule is Cc1ccc(S(=O)(=O)c2c[nH]cc2S(=O)(=O)CC2=NCCS2)cc1. The topological polar surface area (TPSA) is 96.4 Å². The third kappa shape index (κ3) is 3.28. The van der Waals surface area contributed by atoms with Crippen molar-refractivity contribution in [1.82, 2.24) is 4.98 Å². The first-order chi connectivity index (χ1) is 11.3. The van der Waals surface area contributed by atoms with E-state index in [4.69, 9.17) is 0 Å². The van der Waals surface area contributed by atoms with Crippen LogP contribution in [0.25, 0.3) is 0 Å². The molecule has 0 fully saturated rings. The molecule has 6 nitrogen and oxygen atoms in total. The predicted octanol–water partition coefficient (Wildman–Crippen LogP) is 2.07. The van der Waals surface area contributed by atoms with Crippen LogP contribution in [0.2, 0.25) is 0 Å². The van der Waals surface area contributed by atoms with Gasteiger partial charge in [0.05, 0.1) is 9.94 Å². The number of aryl methyl sites for hydroxylation is 1. The van der Waals surface area contributed by atoms with Crippen molar-refractivity contribution in [3.05, 3.63) is 42.2 Å². The maximum Gasteiger partial charge on any atom is 0.209 e. The van der Waals surface area contributed by atoms with Gasteiger partial charge < -0.3 is 4.98 Å². The van der Waals surface area contributed by atoms with Crippen LogP contribution in [0.4, 0.5) is 0 Å². The van der Waals surface area contributed by atoms with Crippen LogP contribution in [0.3, 0.4) is 0 Å². The van der Waals surface area contributed by atoms with Gasteiger partial charge in [0.15, 0.2) is 9.84 Å². The lowest BCUT2D eigenvalue weighted by Crippen LogP contribution is -2.15. The summed E-state index contributed by atoms with van der Waals surface area (Å²) in [5, 5.41) is 0.523. The molecule has 1 aliphatic rings. The van der Waals surface area contributed by atoms with Gasteiger partial charge >= 0.3 is 0 Å². The number of nitrogens with one attached hydrogen (secondary N) is 1. The largest absolute Gasteiger partial charge is 0.365 e. The van der Waals surface area contributed by atoms with Gasteiger partial charge in [-0.25, -0.2) is 16.8 Å². The van der Waals surface area contributed by atoms with E-state index in [1.54, 1.807) is 12.1 Å². The molecule has 128 valence electrons. The van der Waals surface area contributed by atoms with E-state index in [0.717, 1.165) is 11.3 Å². The molecule has 24 heavy (non-hydrogen) atoms. The Hall–Kier alpha value is -1.58. The second kappa shape index (κ2) is 6.38. The fourth-order valence-corrected chi connectivity index (χ4v) is 6.93. The highest BCUT2D eigenvalue weighted by atomic mass is 32.2. The smallest absolute Gasteiger partial charge is 0.209 e. The molecule has 0 unspecified atom stereocenters. The zero-order valence-corrected chi connectivity index (χ0v) is 15.3. The monoisotopic (exact) mass is 384 g/mol. The molecule has 0 radical (unpaired) electrons. The fourth-order valence-electron chi connectivity index (χ4n) is 2.34. The highest BCUT2D eigenvalue weighted by Gasteiger charge is 2.30. The number of thioether (sulfide) groups is 1. The minimum Gasteiger partial charge on any atom is -0.365 e. The van der Waals surface area contributed by atoms with E-state index >= 15 is 0 Å². The van der Waals surface area contributed by atoms with Gasteiger partial charge in [0, 0.05) is 24.7 Å². The lowest BCUT2D eigenvalue weighted by Gasteiger charge is -2.07. The van der Waals surface area contributed by atoms with Crippen LogP contribution in [-0.4, -0.2) is 44.9 Å². The third-order valence-corrected chi connectivity index (χ3v) is 8.37. The zero-order chi connectivity index (χ0) is 17.4. The molecule has 1 aromatic carbocycles. The second-order valence-corrected chi connectivity index (χ2v) is 10.4. The van der Waals surface area contributed by atoms with Gasteiger partial charge in [-0.2, -0.15) is 0 Å². The summed E-state index contributed by atoms with van der Waals surface area (Å²) in [7, 11) is -7.71. The van der Waals surface area contributed by atoms with Gasteiger partial charge in [0.2, 0.25) is 9.84 Å². The molecular weight excluding hydrogens is 368 g/mol. The Kier molecular flexibility index (Phi) is 4.58. The molecule has 0 amide bonds.